The topological polar surface area (TPSA) is 28.2 Å². The zero-order valence-electron chi connectivity index (χ0n) is 12.1. The molecule has 0 aliphatic carbocycles. The van der Waals surface area contributed by atoms with Crippen molar-refractivity contribution in [2.75, 3.05) is 19.0 Å². The van der Waals surface area contributed by atoms with E-state index in [-0.39, 0.29) is 11.9 Å². The van der Waals surface area contributed by atoms with Crippen molar-refractivity contribution in [2.45, 2.75) is 25.9 Å². The number of thiophene rings is 1. The molecule has 0 spiro atoms. The second-order valence-electron chi connectivity index (χ2n) is 4.88. The lowest BCUT2D eigenvalue weighted by molar-refractivity contribution is 0.575. The molecule has 1 N–H and O–H groups in total. The van der Waals surface area contributed by atoms with Crippen LogP contribution >= 0.6 is 11.3 Å². The van der Waals surface area contributed by atoms with Gasteiger partial charge in [0.25, 0.3) is 0 Å². The van der Waals surface area contributed by atoms with Crippen molar-refractivity contribution >= 4 is 17.2 Å². The minimum Gasteiger partial charge on any atom is -0.354 e. The molecule has 2 aromatic rings. The maximum absolute atomic E-state index is 14.4. The predicted octanol–water partition coefficient (Wildman–Crippen LogP) is 3.07. The summed E-state index contributed by atoms with van der Waals surface area (Å²) in [5.74, 6) is 0.184. The van der Waals surface area contributed by atoms with Crippen LogP contribution in [0.3, 0.4) is 0 Å². The fraction of sp³-hybridized carbons (Fsp3) is 0.400. The fourth-order valence-corrected chi connectivity index (χ4v) is 2.94. The molecular formula is C15H20FN3S. The summed E-state index contributed by atoms with van der Waals surface area (Å²) >= 11 is 1.73. The first kappa shape index (κ1) is 14.9. The largest absolute Gasteiger partial charge is 0.354 e. The molecule has 2 aromatic heterocycles. The van der Waals surface area contributed by atoms with Gasteiger partial charge >= 0.3 is 0 Å². The van der Waals surface area contributed by atoms with Gasteiger partial charge in [-0.1, -0.05) is 6.07 Å². The van der Waals surface area contributed by atoms with Crippen LogP contribution in [0.25, 0.3) is 0 Å². The lowest BCUT2D eigenvalue weighted by Crippen LogP contribution is -2.32. The van der Waals surface area contributed by atoms with E-state index >= 15 is 0 Å². The summed E-state index contributed by atoms with van der Waals surface area (Å²) in [6, 6.07) is 6.06. The summed E-state index contributed by atoms with van der Waals surface area (Å²) in [5, 5.41) is 5.04. The van der Waals surface area contributed by atoms with Crippen LogP contribution in [0.4, 0.5) is 10.2 Å². The molecular weight excluding hydrogens is 273 g/mol. The maximum atomic E-state index is 14.4. The van der Waals surface area contributed by atoms with E-state index in [0.717, 1.165) is 6.42 Å². The molecule has 1 unspecified atom stereocenters. The molecule has 108 valence electrons. The number of hydrogen-bond acceptors (Lipinski definition) is 4. The molecule has 1 atom stereocenters. The average Bonchev–Trinajstić information content (AvgIpc) is 2.93. The van der Waals surface area contributed by atoms with Gasteiger partial charge in [0.05, 0.1) is 0 Å². The van der Waals surface area contributed by atoms with E-state index in [1.165, 1.54) is 4.88 Å². The Morgan fingerprint density at radius 3 is 2.90 bits per heavy atom. The average molecular weight is 293 g/mol. The Balaban J connectivity index is 2.15. The standard InChI is InChI=1S/C15H20FN3S/c1-11(9-13-5-4-8-20-13)19(3)15-14(16)12(10-17-2)6-7-18-15/h4-8,11,17H,9-10H2,1-3H3. The SMILES string of the molecule is CNCc1ccnc(N(C)C(C)Cc2cccs2)c1F. The van der Waals surface area contributed by atoms with Crippen LogP contribution in [-0.2, 0) is 13.0 Å². The molecule has 0 aliphatic heterocycles. The highest BCUT2D eigenvalue weighted by molar-refractivity contribution is 7.09. The van der Waals surface area contributed by atoms with E-state index in [2.05, 4.69) is 28.7 Å². The molecule has 0 saturated carbocycles. The van der Waals surface area contributed by atoms with Gasteiger partial charge in [0.15, 0.2) is 11.6 Å². The highest BCUT2D eigenvalue weighted by Gasteiger charge is 2.18. The van der Waals surface area contributed by atoms with Crippen LogP contribution in [0.15, 0.2) is 29.8 Å². The lowest BCUT2D eigenvalue weighted by atomic mass is 10.1. The monoisotopic (exact) mass is 293 g/mol. The van der Waals surface area contributed by atoms with Crippen molar-refractivity contribution in [3.05, 3.63) is 46.0 Å². The smallest absolute Gasteiger partial charge is 0.170 e. The quantitative estimate of drug-likeness (QED) is 0.887. The number of pyridine rings is 1. The highest BCUT2D eigenvalue weighted by Crippen LogP contribution is 2.22. The molecule has 5 heteroatoms. The van der Waals surface area contributed by atoms with Crippen molar-refractivity contribution in [3.63, 3.8) is 0 Å². The summed E-state index contributed by atoms with van der Waals surface area (Å²) in [6.07, 6.45) is 2.56. The second-order valence-corrected chi connectivity index (χ2v) is 5.91. The molecule has 0 aromatic carbocycles. The molecule has 0 bridgehead atoms. The Morgan fingerprint density at radius 2 is 2.25 bits per heavy atom. The van der Waals surface area contributed by atoms with Crippen LogP contribution in [0.1, 0.15) is 17.4 Å². The number of rotatable bonds is 6. The molecule has 0 radical (unpaired) electrons. The number of nitrogens with zero attached hydrogens (tertiary/aromatic N) is 2. The highest BCUT2D eigenvalue weighted by atomic mass is 32.1. The molecule has 0 amide bonds. The Morgan fingerprint density at radius 1 is 1.45 bits per heavy atom. The molecule has 0 saturated heterocycles. The first-order valence-electron chi connectivity index (χ1n) is 6.66. The van der Waals surface area contributed by atoms with Crippen LogP contribution in [-0.4, -0.2) is 25.1 Å². The van der Waals surface area contributed by atoms with E-state index in [4.69, 9.17) is 0 Å². The number of nitrogens with one attached hydrogen (secondary N) is 1. The summed E-state index contributed by atoms with van der Waals surface area (Å²) in [4.78, 5) is 7.41. The van der Waals surface area contributed by atoms with Crippen molar-refractivity contribution < 1.29 is 4.39 Å². The van der Waals surface area contributed by atoms with Gasteiger partial charge in [-0.25, -0.2) is 9.37 Å². The third kappa shape index (κ3) is 3.35. The summed E-state index contributed by atoms with van der Waals surface area (Å²) < 4.78 is 14.4. The van der Waals surface area contributed by atoms with Crippen LogP contribution < -0.4 is 10.2 Å². The van der Waals surface area contributed by atoms with Gasteiger partial charge < -0.3 is 10.2 Å². The number of halogens is 1. The van der Waals surface area contributed by atoms with E-state index < -0.39 is 0 Å². The van der Waals surface area contributed by atoms with Gasteiger partial charge in [-0.3, -0.25) is 0 Å². The third-order valence-electron chi connectivity index (χ3n) is 3.39. The van der Waals surface area contributed by atoms with Gasteiger partial charge in [0.2, 0.25) is 0 Å². The molecule has 20 heavy (non-hydrogen) atoms. The maximum Gasteiger partial charge on any atom is 0.170 e. The summed E-state index contributed by atoms with van der Waals surface area (Å²) in [5.41, 5.74) is 0.646. The van der Waals surface area contributed by atoms with E-state index in [1.807, 2.05) is 25.1 Å². The number of hydrogen-bond donors (Lipinski definition) is 1. The van der Waals surface area contributed by atoms with E-state index in [1.54, 1.807) is 23.6 Å². The minimum absolute atomic E-state index is 0.195. The first-order valence-corrected chi connectivity index (χ1v) is 7.54. The van der Waals surface area contributed by atoms with Gasteiger partial charge in [-0.2, -0.15) is 0 Å². The number of anilines is 1. The third-order valence-corrected chi connectivity index (χ3v) is 4.29. The Labute approximate surface area is 123 Å². The molecule has 0 fully saturated rings. The van der Waals surface area contributed by atoms with E-state index in [0.29, 0.717) is 17.9 Å². The zero-order chi connectivity index (χ0) is 14.5. The minimum atomic E-state index is -0.234. The van der Waals surface area contributed by atoms with Crippen molar-refractivity contribution in [1.82, 2.24) is 10.3 Å². The van der Waals surface area contributed by atoms with Crippen molar-refractivity contribution in [1.29, 1.82) is 0 Å². The van der Waals surface area contributed by atoms with Crippen LogP contribution in [0, 0.1) is 5.82 Å². The Kier molecular flexibility index (Phi) is 5.09. The van der Waals surface area contributed by atoms with Crippen LogP contribution in [0.5, 0.6) is 0 Å². The predicted molar refractivity (Wildman–Crippen MR) is 82.8 cm³/mol. The number of likely N-dealkylation sites (N-methyl/N-ethyl adjacent to an activating group) is 1. The lowest BCUT2D eigenvalue weighted by Gasteiger charge is -2.26. The van der Waals surface area contributed by atoms with Crippen molar-refractivity contribution in [3.8, 4) is 0 Å². The summed E-state index contributed by atoms with van der Waals surface area (Å²) in [7, 11) is 3.70. The number of aromatic nitrogens is 1. The summed E-state index contributed by atoms with van der Waals surface area (Å²) in [6.45, 7) is 2.60. The van der Waals surface area contributed by atoms with Crippen LogP contribution in [0.2, 0.25) is 0 Å². The Hall–Kier alpha value is -1.46. The van der Waals surface area contributed by atoms with Gasteiger partial charge in [0.1, 0.15) is 0 Å². The van der Waals surface area contributed by atoms with E-state index in [9.17, 15) is 4.39 Å². The van der Waals surface area contributed by atoms with Gasteiger partial charge in [-0.05, 0) is 31.5 Å². The molecule has 2 heterocycles. The zero-order valence-corrected chi connectivity index (χ0v) is 12.9. The van der Waals surface area contributed by atoms with Crippen molar-refractivity contribution in [2.24, 2.45) is 0 Å². The second kappa shape index (κ2) is 6.81. The van der Waals surface area contributed by atoms with Gasteiger partial charge in [-0.15, -0.1) is 11.3 Å². The Bertz CT molecular complexity index is 542. The first-order chi connectivity index (χ1) is 9.63. The molecule has 0 aliphatic rings. The van der Waals surface area contributed by atoms with Gasteiger partial charge in [0, 0.05) is 42.7 Å². The fourth-order valence-electron chi connectivity index (χ4n) is 2.11. The molecule has 2 rings (SSSR count). The molecule has 3 nitrogen and oxygen atoms in total. The normalized spacial score (nSPS) is 12.4.